The lowest BCUT2D eigenvalue weighted by Crippen LogP contribution is -2.30. The largest absolute Gasteiger partial charge is 0.466 e. The molecular weight excluding hydrogens is 234 g/mol. The van der Waals surface area contributed by atoms with Gasteiger partial charge in [-0.15, -0.1) is 0 Å². The first-order chi connectivity index (χ1) is 8.63. The molecule has 0 atom stereocenters. The molecule has 0 fully saturated rings. The van der Waals surface area contributed by atoms with Gasteiger partial charge in [-0.3, -0.25) is 14.3 Å². The van der Waals surface area contributed by atoms with Gasteiger partial charge in [0.2, 0.25) is 5.91 Å². The molecule has 0 spiro atoms. The number of aryl methyl sites for hydroxylation is 1. The van der Waals surface area contributed by atoms with E-state index in [1.165, 1.54) is 0 Å². The van der Waals surface area contributed by atoms with E-state index in [-0.39, 0.29) is 18.3 Å². The van der Waals surface area contributed by atoms with Crippen LogP contribution in [-0.4, -0.2) is 46.8 Å². The lowest BCUT2D eigenvalue weighted by molar-refractivity contribution is -0.143. The van der Waals surface area contributed by atoms with E-state index < -0.39 is 0 Å². The molecule has 0 aliphatic carbocycles. The van der Waals surface area contributed by atoms with E-state index >= 15 is 0 Å². The highest BCUT2D eigenvalue weighted by Crippen LogP contribution is 1.97. The van der Waals surface area contributed by atoms with Crippen molar-refractivity contribution in [3.8, 4) is 0 Å². The Kier molecular flexibility index (Phi) is 5.90. The van der Waals surface area contributed by atoms with Crippen molar-refractivity contribution in [1.29, 1.82) is 0 Å². The van der Waals surface area contributed by atoms with Crippen LogP contribution < -0.4 is 0 Å². The number of carbonyl (C=O) groups excluding carboxylic acids is 2. The van der Waals surface area contributed by atoms with E-state index in [2.05, 4.69) is 5.10 Å². The summed E-state index contributed by atoms with van der Waals surface area (Å²) in [4.78, 5) is 24.4. The molecule has 0 unspecified atom stereocenters. The van der Waals surface area contributed by atoms with Crippen LogP contribution in [0.4, 0.5) is 0 Å². The minimum atomic E-state index is -0.274. The van der Waals surface area contributed by atoms with Gasteiger partial charge in [0.15, 0.2) is 0 Å². The molecule has 1 rings (SSSR count). The summed E-state index contributed by atoms with van der Waals surface area (Å²) >= 11 is 0. The number of aromatic nitrogens is 2. The SMILES string of the molecule is CCOC(=O)CCN(C)C(=O)CCn1cccn1. The Morgan fingerprint density at radius 2 is 2.17 bits per heavy atom. The number of rotatable bonds is 7. The van der Waals surface area contributed by atoms with Gasteiger partial charge >= 0.3 is 5.97 Å². The number of hydrogen-bond donors (Lipinski definition) is 0. The van der Waals surface area contributed by atoms with Crippen LogP contribution in [-0.2, 0) is 20.9 Å². The molecule has 18 heavy (non-hydrogen) atoms. The minimum absolute atomic E-state index is 0.00482. The summed E-state index contributed by atoms with van der Waals surface area (Å²) in [5.41, 5.74) is 0. The van der Waals surface area contributed by atoms with Crippen LogP contribution in [0.1, 0.15) is 19.8 Å². The molecule has 1 aromatic rings. The van der Waals surface area contributed by atoms with Gasteiger partial charge < -0.3 is 9.64 Å². The maximum absolute atomic E-state index is 11.7. The van der Waals surface area contributed by atoms with Gasteiger partial charge in [0.1, 0.15) is 0 Å². The van der Waals surface area contributed by atoms with Crippen molar-refractivity contribution in [3.63, 3.8) is 0 Å². The second kappa shape index (κ2) is 7.47. The standard InChI is InChI=1S/C12H19N3O3/c1-3-18-12(17)6-9-14(2)11(16)5-10-15-8-4-7-13-15/h4,7-8H,3,5-6,9-10H2,1-2H3. The third-order valence-corrected chi connectivity index (χ3v) is 2.50. The van der Waals surface area contributed by atoms with E-state index in [1.807, 2.05) is 12.3 Å². The molecule has 0 N–H and O–H groups in total. The Bertz CT molecular complexity index is 376. The molecule has 6 heteroatoms. The van der Waals surface area contributed by atoms with Crippen LogP contribution in [0.5, 0.6) is 0 Å². The van der Waals surface area contributed by atoms with E-state index in [0.29, 0.717) is 26.1 Å². The molecular formula is C12H19N3O3. The number of amides is 1. The predicted octanol–water partition coefficient (Wildman–Crippen LogP) is 0.685. The summed E-state index contributed by atoms with van der Waals surface area (Å²) in [5, 5.41) is 4.02. The van der Waals surface area contributed by atoms with E-state index in [0.717, 1.165) is 0 Å². The second-order valence-corrected chi connectivity index (χ2v) is 3.89. The fraction of sp³-hybridized carbons (Fsp3) is 0.583. The van der Waals surface area contributed by atoms with Gasteiger partial charge in [-0.2, -0.15) is 5.10 Å². The molecule has 0 aliphatic heterocycles. The summed E-state index contributed by atoms with van der Waals surface area (Å²) < 4.78 is 6.51. The van der Waals surface area contributed by atoms with Crippen molar-refractivity contribution in [2.24, 2.45) is 0 Å². The van der Waals surface area contributed by atoms with Crippen LogP contribution in [0.25, 0.3) is 0 Å². The second-order valence-electron chi connectivity index (χ2n) is 3.89. The zero-order chi connectivity index (χ0) is 13.4. The van der Waals surface area contributed by atoms with E-state index in [9.17, 15) is 9.59 Å². The molecule has 0 saturated heterocycles. The number of carbonyl (C=O) groups is 2. The number of esters is 1. The fourth-order valence-electron chi connectivity index (χ4n) is 1.45. The monoisotopic (exact) mass is 253 g/mol. The molecule has 0 saturated carbocycles. The molecule has 0 bridgehead atoms. The number of nitrogens with zero attached hydrogens (tertiary/aromatic N) is 3. The first-order valence-corrected chi connectivity index (χ1v) is 6.00. The summed E-state index contributed by atoms with van der Waals surface area (Å²) in [6.07, 6.45) is 4.10. The smallest absolute Gasteiger partial charge is 0.307 e. The summed E-state index contributed by atoms with van der Waals surface area (Å²) in [6.45, 7) is 3.07. The van der Waals surface area contributed by atoms with Crippen molar-refractivity contribution in [2.75, 3.05) is 20.2 Å². The molecule has 0 radical (unpaired) electrons. The van der Waals surface area contributed by atoms with E-state index in [1.54, 1.807) is 29.7 Å². The lowest BCUT2D eigenvalue weighted by Gasteiger charge is -2.16. The first kappa shape index (κ1) is 14.2. The third kappa shape index (κ3) is 4.99. The van der Waals surface area contributed by atoms with Crippen LogP contribution in [0.2, 0.25) is 0 Å². The number of ether oxygens (including phenoxy) is 1. The highest BCUT2D eigenvalue weighted by molar-refractivity contribution is 5.76. The molecule has 1 amide bonds. The molecule has 0 aliphatic rings. The third-order valence-electron chi connectivity index (χ3n) is 2.50. The summed E-state index contributed by atoms with van der Waals surface area (Å²) in [6, 6.07) is 1.81. The highest BCUT2D eigenvalue weighted by atomic mass is 16.5. The summed E-state index contributed by atoms with van der Waals surface area (Å²) in [5.74, 6) is -0.279. The van der Waals surface area contributed by atoms with Crippen molar-refractivity contribution in [1.82, 2.24) is 14.7 Å². The van der Waals surface area contributed by atoms with E-state index in [4.69, 9.17) is 4.74 Å². The highest BCUT2D eigenvalue weighted by Gasteiger charge is 2.11. The van der Waals surface area contributed by atoms with Gasteiger partial charge in [-0.25, -0.2) is 0 Å². The zero-order valence-electron chi connectivity index (χ0n) is 10.8. The Balaban J connectivity index is 2.22. The predicted molar refractivity (Wildman–Crippen MR) is 65.7 cm³/mol. The average Bonchev–Trinajstić information content (AvgIpc) is 2.86. The van der Waals surface area contributed by atoms with Crippen LogP contribution in [0, 0.1) is 0 Å². The average molecular weight is 253 g/mol. The van der Waals surface area contributed by atoms with Crippen LogP contribution in [0.3, 0.4) is 0 Å². The van der Waals surface area contributed by atoms with Gasteiger partial charge in [0.25, 0.3) is 0 Å². The quantitative estimate of drug-likeness (QED) is 0.670. The molecule has 1 aromatic heterocycles. The van der Waals surface area contributed by atoms with Gasteiger partial charge in [-0.05, 0) is 13.0 Å². The fourth-order valence-corrected chi connectivity index (χ4v) is 1.45. The maximum Gasteiger partial charge on any atom is 0.307 e. The normalized spacial score (nSPS) is 10.1. The Morgan fingerprint density at radius 3 is 2.78 bits per heavy atom. The molecule has 0 aromatic carbocycles. The van der Waals surface area contributed by atoms with Gasteiger partial charge in [0.05, 0.1) is 13.0 Å². The van der Waals surface area contributed by atoms with Crippen molar-refractivity contribution >= 4 is 11.9 Å². The Labute approximate surface area is 107 Å². The first-order valence-electron chi connectivity index (χ1n) is 6.00. The molecule has 100 valence electrons. The number of hydrogen-bond acceptors (Lipinski definition) is 4. The summed E-state index contributed by atoms with van der Waals surface area (Å²) in [7, 11) is 1.69. The molecule has 1 heterocycles. The van der Waals surface area contributed by atoms with Gasteiger partial charge in [0, 0.05) is 39.0 Å². The zero-order valence-corrected chi connectivity index (χ0v) is 10.8. The van der Waals surface area contributed by atoms with Crippen LogP contribution >= 0.6 is 0 Å². The lowest BCUT2D eigenvalue weighted by atomic mass is 10.3. The Hall–Kier alpha value is -1.85. The van der Waals surface area contributed by atoms with Crippen molar-refractivity contribution in [2.45, 2.75) is 26.3 Å². The maximum atomic E-state index is 11.7. The topological polar surface area (TPSA) is 64.4 Å². The van der Waals surface area contributed by atoms with Gasteiger partial charge in [-0.1, -0.05) is 0 Å². The minimum Gasteiger partial charge on any atom is -0.466 e. The molecule has 6 nitrogen and oxygen atoms in total. The van der Waals surface area contributed by atoms with Crippen molar-refractivity contribution in [3.05, 3.63) is 18.5 Å². The Morgan fingerprint density at radius 1 is 1.39 bits per heavy atom. The van der Waals surface area contributed by atoms with Crippen molar-refractivity contribution < 1.29 is 14.3 Å². The van der Waals surface area contributed by atoms with Crippen LogP contribution in [0.15, 0.2) is 18.5 Å².